The normalized spacial score (nSPS) is 38.7. The zero-order chi connectivity index (χ0) is 22.8. The number of hydrogen-bond donors (Lipinski definition) is 0. The van der Waals surface area contributed by atoms with Gasteiger partial charge in [-0.2, -0.15) is 0 Å². The van der Waals surface area contributed by atoms with Crippen LogP contribution in [0.4, 0.5) is 0 Å². The van der Waals surface area contributed by atoms with Crippen LogP contribution in [0, 0.1) is 34.5 Å². The Kier molecular flexibility index (Phi) is 7.48. The van der Waals surface area contributed by atoms with Crippen LogP contribution >= 0.6 is 0 Å². The number of carboxylic acid groups (broad SMARTS) is 1. The highest BCUT2D eigenvalue weighted by Gasteiger charge is 2.59. The Morgan fingerprint density at radius 2 is 1.77 bits per heavy atom. The Morgan fingerprint density at radius 3 is 2.42 bits per heavy atom. The lowest BCUT2D eigenvalue weighted by atomic mass is 9.47. The molecule has 4 rings (SSSR count). The van der Waals surface area contributed by atoms with Crippen molar-refractivity contribution in [3.8, 4) is 0 Å². The Labute approximate surface area is 188 Å². The van der Waals surface area contributed by atoms with E-state index in [2.05, 4.69) is 13.8 Å². The molecule has 6 atom stereocenters. The number of aliphatic carboxylic acids is 1. The van der Waals surface area contributed by atoms with Gasteiger partial charge < -0.3 is 9.90 Å². The zero-order valence-corrected chi connectivity index (χ0v) is 20.0. The largest absolute Gasteiger partial charge is 0.550 e. The Balaban J connectivity index is 0.000000293. The number of allylic oxidation sites excluding steroid dienone is 1. The molecule has 31 heavy (non-hydrogen) atoms. The highest BCUT2D eigenvalue weighted by molar-refractivity contribution is 5.91. The van der Waals surface area contributed by atoms with E-state index in [0.717, 1.165) is 62.7 Å². The van der Waals surface area contributed by atoms with Gasteiger partial charge in [-0.25, -0.2) is 0 Å². The van der Waals surface area contributed by atoms with Crippen LogP contribution in [-0.4, -0.2) is 17.5 Å². The fraction of sp³-hybridized carbons (Fsp3) is 0.815. The average Bonchev–Trinajstić information content (AvgIpc) is 3.06. The van der Waals surface area contributed by atoms with Crippen LogP contribution in [-0.2, 0) is 14.4 Å². The number of fused-ring (bicyclic) bond motifs is 5. The van der Waals surface area contributed by atoms with E-state index in [1.54, 1.807) is 6.92 Å². The van der Waals surface area contributed by atoms with Crippen molar-refractivity contribution < 1.29 is 19.5 Å². The molecule has 0 aromatic heterocycles. The third kappa shape index (κ3) is 4.68. The standard InChI is InChI=1S/C21H30O2.C6H12O2/c1-13(22)17-6-7-18-16-5-4-14-12-15(23)8-10-20(14,2)19(16)9-11-21(17,18)3;1-2-3-4-5-6(7)8/h12,16-19H,4-11H2,1-3H3;2-5H2,1H3,(H,7,8)/p-1/t16-,17+,18-,19-,20-,21+;/m0./s1. The van der Waals surface area contributed by atoms with Crippen LogP contribution in [0.5, 0.6) is 0 Å². The molecule has 0 aromatic rings. The number of Topliss-reactive ketones (excluding diaryl/α,β-unsaturated/α-hetero) is 1. The van der Waals surface area contributed by atoms with Crippen molar-refractivity contribution in [3.05, 3.63) is 11.6 Å². The van der Waals surface area contributed by atoms with Crippen LogP contribution in [0.15, 0.2) is 11.6 Å². The number of ketones is 2. The molecule has 0 radical (unpaired) electrons. The molecule has 0 spiro atoms. The fourth-order valence-corrected chi connectivity index (χ4v) is 7.75. The predicted molar refractivity (Wildman–Crippen MR) is 120 cm³/mol. The summed E-state index contributed by atoms with van der Waals surface area (Å²) in [5.41, 5.74) is 1.95. The molecule has 4 aliphatic carbocycles. The number of unbranched alkanes of at least 4 members (excludes halogenated alkanes) is 2. The summed E-state index contributed by atoms with van der Waals surface area (Å²) >= 11 is 0. The maximum atomic E-state index is 12.1. The third-order valence-electron chi connectivity index (χ3n) is 9.44. The van der Waals surface area contributed by atoms with Crippen LogP contribution in [0.25, 0.3) is 0 Å². The summed E-state index contributed by atoms with van der Waals surface area (Å²) in [6, 6.07) is 0. The van der Waals surface area contributed by atoms with E-state index in [1.807, 2.05) is 13.0 Å². The molecule has 4 heteroatoms. The van der Waals surface area contributed by atoms with Crippen LogP contribution in [0.1, 0.15) is 105 Å². The monoisotopic (exact) mass is 429 g/mol. The molecule has 0 saturated heterocycles. The smallest absolute Gasteiger partial charge is 0.155 e. The summed E-state index contributed by atoms with van der Waals surface area (Å²) in [4.78, 5) is 33.8. The molecule has 3 fully saturated rings. The first-order valence-corrected chi connectivity index (χ1v) is 12.6. The van der Waals surface area contributed by atoms with Gasteiger partial charge in [-0.15, -0.1) is 0 Å². The predicted octanol–water partition coefficient (Wildman–Crippen LogP) is 5.04. The number of hydrogen-bond acceptors (Lipinski definition) is 4. The lowest BCUT2D eigenvalue weighted by Crippen LogP contribution is -2.51. The Hall–Kier alpha value is -1.45. The van der Waals surface area contributed by atoms with Crippen LogP contribution in [0.3, 0.4) is 0 Å². The first-order valence-electron chi connectivity index (χ1n) is 12.6. The van der Waals surface area contributed by atoms with Gasteiger partial charge in [0.15, 0.2) is 5.78 Å². The van der Waals surface area contributed by atoms with E-state index in [-0.39, 0.29) is 17.3 Å². The summed E-state index contributed by atoms with van der Waals surface area (Å²) in [6.45, 7) is 8.68. The highest BCUT2D eigenvalue weighted by atomic mass is 16.4. The molecular formula is C27H41O4-. The maximum Gasteiger partial charge on any atom is 0.155 e. The van der Waals surface area contributed by atoms with Gasteiger partial charge in [-0.05, 0) is 99.4 Å². The van der Waals surface area contributed by atoms with E-state index >= 15 is 0 Å². The second-order valence-corrected chi connectivity index (χ2v) is 11.1. The Bertz CT molecular complexity index is 738. The molecule has 4 aliphatic rings. The molecule has 174 valence electrons. The molecule has 4 nitrogen and oxygen atoms in total. The van der Waals surface area contributed by atoms with Crippen molar-refractivity contribution >= 4 is 17.5 Å². The first-order chi connectivity index (χ1) is 14.6. The molecule has 0 bridgehead atoms. The van der Waals surface area contributed by atoms with E-state index in [1.165, 1.54) is 31.3 Å². The number of rotatable bonds is 5. The molecular weight excluding hydrogens is 388 g/mol. The van der Waals surface area contributed by atoms with Gasteiger partial charge in [0, 0.05) is 18.3 Å². The molecule has 3 saturated carbocycles. The van der Waals surface area contributed by atoms with Crippen molar-refractivity contribution in [1.82, 2.24) is 0 Å². The van der Waals surface area contributed by atoms with Crippen molar-refractivity contribution in [2.24, 2.45) is 34.5 Å². The summed E-state index contributed by atoms with van der Waals surface area (Å²) in [5.74, 6) is 2.36. The minimum atomic E-state index is -0.932. The van der Waals surface area contributed by atoms with E-state index in [9.17, 15) is 19.5 Å². The summed E-state index contributed by atoms with van der Waals surface area (Å²) in [7, 11) is 0. The minimum absolute atomic E-state index is 0.216. The van der Waals surface area contributed by atoms with Gasteiger partial charge in [-0.3, -0.25) is 9.59 Å². The Morgan fingerprint density at radius 1 is 1.03 bits per heavy atom. The van der Waals surface area contributed by atoms with Gasteiger partial charge in [0.2, 0.25) is 0 Å². The molecule has 0 aromatic carbocycles. The van der Waals surface area contributed by atoms with Crippen molar-refractivity contribution in [3.63, 3.8) is 0 Å². The average molecular weight is 430 g/mol. The molecule has 0 aliphatic heterocycles. The SMILES string of the molecule is CC(=O)[C@H]1CC[C@H]2[C@@H]3CCC4=CC(=O)CC[C@]4(C)[C@H]3CC[C@]12C.CCCCCC(=O)[O-]. The van der Waals surface area contributed by atoms with Crippen LogP contribution in [0.2, 0.25) is 0 Å². The fourth-order valence-electron chi connectivity index (χ4n) is 7.75. The number of carboxylic acids is 1. The minimum Gasteiger partial charge on any atom is -0.550 e. The van der Waals surface area contributed by atoms with Crippen molar-refractivity contribution in [2.75, 3.05) is 0 Å². The lowest BCUT2D eigenvalue weighted by molar-refractivity contribution is -0.305. The molecule has 0 N–H and O–H groups in total. The van der Waals surface area contributed by atoms with Gasteiger partial charge in [-0.1, -0.05) is 39.2 Å². The van der Waals surface area contributed by atoms with Crippen LogP contribution < -0.4 is 5.11 Å². The second-order valence-electron chi connectivity index (χ2n) is 11.1. The molecule has 0 heterocycles. The second kappa shape index (κ2) is 9.58. The summed E-state index contributed by atoms with van der Waals surface area (Å²) < 4.78 is 0. The maximum absolute atomic E-state index is 12.1. The number of carbonyl (C=O) groups is 3. The van der Waals surface area contributed by atoms with Gasteiger partial charge >= 0.3 is 0 Å². The number of carbonyl (C=O) groups excluding carboxylic acids is 3. The third-order valence-corrected chi connectivity index (χ3v) is 9.44. The van der Waals surface area contributed by atoms with Crippen molar-refractivity contribution in [1.29, 1.82) is 0 Å². The van der Waals surface area contributed by atoms with E-state index in [4.69, 9.17) is 0 Å². The van der Waals surface area contributed by atoms with Gasteiger partial charge in [0.05, 0.1) is 0 Å². The first kappa shape index (κ1) is 24.2. The van der Waals surface area contributed by atoms with Crippen molar-refractivity contribution in [2.45, 2.75) is 105 Å². The van der Waals surface area contributed by atoms with E-state index < -0.39 is 5.97 Å². The molecule has 0 amide bonds. The quantitative estimate of drug-likeness (QED) is 0.574. The highest BCUT2D eigenvalue weighted by Crippen LogP contribution is 2.66. The van der Waals surface area contributed by atoms with E-state index in [0.29, 0.717) is 17.5 Å². The lowest BCUT2D eigenvalue weighted by Gasteiger charge is -2.58. The topological polar surface area (TPSA) is 74.3 Å². The zero-order valence-electron chi connectivity index (χ0n) is 20.0. The molecule has 0 unspecified atom stereocenters. The summed E-state index contributed by atoms with van der Waals surface area (Å²) in [6.07, 6.45) is 14.0. The summed E-state index contributed by atoms with van der Waals surface area (Å²) in [5, 5.41) is 9.76. The van der Waals surface area contributed by atoms with Gasteiger partial charge in [0.25, 0.3) is 0 Å². The van der Waals surface area contributed by atoms with Gasteiger partial charge in [0.1, 0.15) is 5.78 Å².